The Bertz CT molecular complexity index is 1090. The lowest BCUT2D eigenvalue weighted by atomic mass is 10.0. The van der Waals surface area contributed by atoms with Crippen molar-refractivity contribution in [3.63, 3.8) is 0 Å². The minimum atomic E-state index is -1.23. The van der Waals surface area contributed by atoms with E-state index in [2.05, 4.69) is 10.6 Å². The third kappa shape index (κ3) is 6.75. The predicted molar refractivity (Wildman–Crippen MR) is 126 cm³/mol. The SMILES string of the molecule is CSC[C@H](NC(=O)CC[C@H](N)C(=O)O)C(=O)NCC(=O)Oc1c(C)c(O)c2ccccc2c1O. The summed E-state index contributed by atoms with van der Waals surface area (Å²) in [5, 5.41) is 35.2. The molecule has 0 radical (unpaired) electrons. The molecule has 2 aromatic rings. The van der Waals surface area contributed by atoms with Gasteiger partial charge < -0.3 is 36.4 Å². The Balaban J connectivity index is 1.99. The van der Waals surface area contributed by atoms with E-state index < -0.39 is 42.4 Å². The third-order valence-corrected chi connectivity index (χ3v) is 5.62. The highest BCUT2D eigenvalue weighted by Gasteiger charge is 2.24. The molecule has 0 aromatic heterocycles. The summed E-state index contributed by atoms with van der Waals surface area (Å²) in [6.45, 7) is 0.916. The molecule has 0 fully saturated rings. The maximum Gasteiger partial charge on any atom is 0.330 e. The zero-order valence-corrected chi connectivity index (χ0v) is 19.5. The molecule has 0 aliphatic heterocycles. The van der Waals surface area contributed by atoms with Crippen LogP contribution < -0.4 is 21.1 Å². The number of carboxylic acid groups (broad SMARTS) is 1. The van der Waals surface area contributed by atoms with E-state index in [0.29, 0.717) is 10.8 Å². The van der Waals surface area contributed by atoms with Crippen LogP contribution in [0.2, 0.25) is 0 Å². The third-order valence-electron chi connectivity index (χ3n) is 4.96. The number of aromatic hydroxyl groups is 2. The molecule has 2 amide bonds. The minimum absolute atomic E-state index is 0.0947. The van der Waals surface area contributed by atoms with Crippen molar-refractivity contribution >= 4 is 46.3 Å². The van der Waals surface area contributed by atoms with E-state index in [1.165, 1.54) is 18.7 Å². The average Bonchev–Trinajstić information content (AvgIpc) is 2.81. The van der Waals surface area contributed by atoms with Gasteiger partial charge in [-0.1, -0.05) is 24.3 Å². The number of carbonyl (C=O) groups is 4. The molecule has 0 heterocycles. The molecule has 7 N–H and O–H groups in total. The van der Waals surface area contributed by atoms with Crippen LogP contribution in [-0.4, -0.2) is 69.7 Å². The van der Waals surface area contributed by atoms with Crippen LogP contribution in [0.4, 0.5) is 0 Å². The van der Waals surface area contributed by atoms with Gasteiger partial charge in [0.1, 0.15) is 24.4 Å². The van der Waals surface area contributed by atoms with Gasteiger partial charge in [-0.2, -0.15) is 11.8 Å². The van der Waals surface area contributed by atoms with Crippen molar-refractivity contribution in [2.75, 3.05) is 18.6 Å². The van der Waals surface area contributed by atoms with Gasteiger partial charge in [0.15, 0.2) is 11.5 Å². The zero-order chi connectivity index (χ0) is 25.4. The first-order valence-electron chi connectivity index (χ1n) is 10.2. The number of carboxylic acids is 1. The van der Waals surface area contributed by atoms with Crippen LogP contribution in [-0.2, 0) is 19.2 Å². The molecule has 2 atom stereocenters. The van der Waals surface area contributed by atoms with Gasteiger partial charge in [-0.15, -0.1) is 0 Å². The van der Waals surface area contributed by atoms with E-state index in [1.807, 2.05) is 0 Å². The number of nitrogens with one attached hydrogen (secondary N) is 2. The maximum atomic E-state index is 12.5. The van der Waals surface area contributed by atoms with Crippen LogP contribution in [0.3, 0.4) is 0 Å². The van der Waals surface area contributed by atoms with Crippen LogP contribution in [0.15, 0.2) is 24.3 Å². The van der Waals surface area contributed by atoms with Gasteiger partial charge in [0.2, 0.25) is 11.8 Å². The van der Waals surface area contributed by atoms with Gasteiger partial charge in [0.25, 0.3) is 0 Å². The number of nitrogens with two attached hydrogens (primary N) is 1. The number of esters is 1. The van der Waals surface area contributed by atoms with Crippen molar-refractivity contribution in [3.05, 3.63) is 29.8 Å². The number of rotatable bonds is 11. The number of ether oxygens (including phenoxy) is 1. The number of aliphatic carboxylic acids is 1. The molecule has 0 unspecified atom stereocenters. The highest BCUT2D eigenvalue weighted by atomic mass is 32.2. The number of carbonyl (C=O) groups excluding carboxylic acids is 3. The molecule has 0 bridgehead atoms. The summed E-state index contributed by atoms with van der Waals surface area (Å²) >= 11 is 1.28. The van der Waals surface area contributed by atoms with Gasteiger partial charge in [-0.05, 0) is 19.6 Å². The molecule has 34 heavy (non-hydrogen) atoms. The molecule has 0 spiro atoms. The largest absolute Gasteiger partial charge is 0.507 e. The smallest absolute Gasteiger partial charge is 0.330 e. The van der Waals surface area contributed by atoms with Crippen molar-refractivity contribution in [3.8, 4) is 17.2 Å². The normalized spacial score (nSPS) is 12.6. The monoisotopic (exact) mass is 493 g/mol. The summed E-state index contributed by atoms with van der Waals surface area (Å²) in [7, 11) is 0. The average molecular weight is 494 g/mol. The van der Waals surface area contributed by atoms with E-state index in [4.69, 9.17) is 15.6 Å². The number of hydrogen-bond donors (Lipinski definition) is 6. The van der Waals surface area contributed by atoms with Crippen molar-refractivity contribution in [2.24, 2.45) is 5.73 Å². The Labute approximate surface area is 199 Å². The summed E-state index contributed by atoms with van der Waals surface area (Å²) in [6.07, 6.45) is 1.44. The first-order chi connectivity index (χ1) is 16.1. The summed E-state index contributed by atoms with van der Waals surface area (Å²) in [4.78, 5) is 47.6. The lowest BCUT2D eigenvalue weighted by molar-refractivity contribution is -0.139. The molecular weight excluding hydrogens is 466 g/mol. The lowest BCUT2D eigenvalue weighted by Crippen LogP contribution is -2.49. The highest BCUT2D eigenvalue weighted by Crippen LogP contribution is 2.44. The second-order valence-corrected chi connectivity index (χ2v) is 8.36. The van der Waals surface area contributed by atoms with Gasteiger partial charge in [0, 0.05) is 28.5 Å². The van der Waals surface area contributed by atoms with Crippen LogP contribution in [0, 0.1) is 6.92 Å². The molecule has 2 aromatic carbocycles. The summed E-state index contributed by atoms with van der Waals surface area (Å²) in [5.41, 5.74) is 5.53. The number of phenolic OH excluding ortho intramolecular Hbond substituents is 2. The Morgan fingerprint density at radius 1 is 1.12 bits per heavy atom. The molecule has 0 saturated carbocycles. The van der Waals surface area contributed by atoms with E-state index >= 15 is 0 Å². The highest BCUT2D eigenvalue weighted by molar-refractivity contribution is 7.98. The van der Waals surface area contributed by atoms with Crippen LogP contribution in [0.5, 0.6) is 17.2 Å². The maximum absolute atomic E-state index is 12.5. The van der Waals surface area contributed by atoms with E-state index in [1.54, 1.807) is 30.5 Å². The molecule has 2 rings (SSSR count). The number of benzene rings is 2. The Morgan fingerprint density at radius 3 is 2.32 bits per heavy atom. The summed E-state index contributed by atoms with van der Waals surface area (Å²) in [5.74, 6) is -3.82. The number of fused-ring (bicyclic) bond motifs is 1. The van der Waals surface area contributed by atoms with Crippen molar-refractivity contribution in [2.45, 2.75) is 31.8 Å². The fraction of sp³-hybridized carbons (Fsp3) is 0.364. The minimum Gasteiger partial charge on any atom is -0.507 e. The van der Waals surface area contributed by atoms with Crippen molar-refractivity contribution in [1.82, 2.24) is 10.6 Å². The predicted octanol–water partition coefficient (Wildman–Crippen LogP) is 0.621. The number of thioether (sulfide) groups is 1. The lowest BCUT2D eigenvalue weighted by Gasteiger charge is -2.18. The van der Waals surface area contributed by atoms with E-state index in [9.17, 15) is 29.4 Å². The standard InChI is InChI=1S/C22H27N3O8S/c1-11-18(28)12-5-3-4-6-13(12)19(29)20(11)33-17(27)9-24-21(30)15(10-34-2)25-16(26)8-7-14(23)22(31)32/h3-6,14-15,28-29H,7-10,23H2,1-2H3,(H,24,30)(H,25,26)(H,31,32)/t14-,15-/m0/s1. The molecule has 184 valence electrons. The van der Waals surface area contributed by atoms with Gasteiger partial charge in [0.05, 0.1) is 0 Å². The first-order valence-corrected chi connectivity index (χ1v) is 11.6. The van der Waals surface area contributed by atoms with Gasteiger partial charge >= 0.3 is 11.9 Å². The van der Waals surface area contributed by atoms with Crippen LogP contribution >= 0.6 is 11.8 Å². The first kappa shape index (κ1) is 26.7. The molecule has 0 aliphatic carbocycles. The van der Waals surface area contributed by atoms with Crippen LogP contribution in [0.25, 0.3) is 10.8 Å². The molecule has 0 aliphatic rings. The topological polar surface area (TPSA) is 188 Å². The van der Waals surface area contributed by atoms with Crippen LogP contribution in [0.1, 0.15) is 18.4 Å². The second kappa shape index (κ2) is 12.1. The molecule has 12 heteroatoms. The number of phenols is 2. The number of hydrogen-bond acceptors (Lipinski definition) is 9. The Morgan fingerprint density at radius 2 is 1.74 bits per heavy atom. The molecular formula is C22H27N3O8S. The van der Waals surface area contributed by atoms with Crippen molar-refractivity contribution in [1.29, 1.82) is 0 Å². The van der Waals surface area contributed by atoms with Gasteiger partial charge in [-0.3, -0.25) is 14.4 Å². The second-order valence-electron chi connectivity index (χ2n) is 7.45. The molecule has 0 saturated heterocycles. The Kier molecular flexibility index (Phi) is 9.51. The fourth-order valence-corrected chi connectivity index (χ4v) is 3.66. The summed E-state index contributed by atoms with van der Waals surface area (Å²) in [6, 6.07) is 4.34. The number of amides is 2. The summed E-state index contributed by atoms with van der Waals surface area (Å²) < 4.78 is 5.20. The molecule has 11 nitrogen and oxygen atoms in total. The fourth-order valence-electron chi connectivity index (χ4n) is 3.09. The van der Waals surface area contributed by atoms with E-state index in [0.717, 1.165) is 0 Å². The Hall–Kier alpha value is -3.51. The van der Waals surface area contributed by atoms with Crippen molar-refractivity contribution < 1.29 is 39.2 Å². The zero-order valence-electron chi connectivity index (χ0n) is 18.7. The quantitative estimate of drug-likeness (QED) is 0.147. The van der Waals surface area contributed by atoms with E-state index in [-0.39, 0.29) is 41.4 Å². The van der Waals surface area contributed by atoms with Gasteiger partial charge in [-0.25, -0.2) is 4.79 Å².